The highest BCUT2D eigenvalue weighted by atomic mass is 16.5. The molecule has 0 unspecified atom stereocenters. The highest BCUT2D eigenvalue weighted by Crippen LogP contribution is 2.51. The van der Waals surface area contributed by atoms with Crippen molar-refractivity contribution < 1.29 is 4.74 Å². The molecule has 2 aliphatic rings. The smallest absolute Gasteiger partial charge is 0.256 e. The number of nitrogens with zero attached hydrogens (tertiary/aromatic N) is 4. The Labute approximate surface area is 393 Å². The molecule has 6 heteroatoms. The molecule has 3 aromatic heterocycles. The molecule has 5 heterocycles. The average Bonchev–Trinajstić information content (AvgIpc) is 4.03. The van der Waals surface area contributed by atoms with E-state index in [1.165, 1.54) is 93.1 Å². The molecule has 68 heavy (non-hydrogen) atoms. The van der Waals surface area contributed by atoms with Crippen molar-refractivity contribution in [1.82, 2.24) is 13.7 Å². The number of rotatable bonds is 4. The lowest BCUT2D eigenvalue weighted by Crippen LogP contribution is -2.59. The van der Waals surface area contributed by atoms with Crippen LogP contribution in [0.3, 0.4) is 0 Å². The Bertz CT molecular complexity index is 4190. The lowest BCUT2D eigenvalue weighted by molar-refractivity contribution is 0.487. The fourth-order valence-electron chi connectivity index (χ4n) is 12.0. The van der Waals surface area contributed by atoms with Gasteiger partial charge in [0.15, 0.2) is 0 Å². The predicted octanol–water partition coefficient (Wildman–Crippen LogP) is 14.0. The molecule has 2 aliphatic heterocycles. The quantitative estimate of drug-likeness (QED) is 0.165. The Kier molecular flexibility index (Phi) is 7.66. The lowest BCUT2D eigenvalue weighted by Gasteiger charge is -2.40. The van der Waals surface area contributed by atoms with E-state index in [0.29, 0.717) is 0 Å². The van der Waals surface area contributed by atoms with Gasteiger partial charge >= 0.3 is 0 Å². The van der Waals surface area contributed by atoms with Crippen LogP contribution in [0.15, 0.2) is 212 Å². The summed E-state index contributed by atoms with van der Waals surface area (Å²) in [7, 11) is 0. The zero-order valence-electron chi connectivity index (χ0n) is 37.5. The van der Waals surface area contributed by atoms with E-state index in [-0.39, 0.29) is 6.71 Å². The molecular formula is C62H41BN4O. The summed E-state index contributed by atoms with van der Waals surface area (Å²) in [5, 5.41) is 7.32. The molecule has 0 aliphatic carbocycles. The monoisotopic (exact) mass is 868 g/mol. The van der Waals surface area contributed by atoms with E-state index in [0.717, 1.165) is 45.5 Å². The van der Waals surface area contributed by atoms with Crippen molar-refractivity contribution in [1.29, 1.82) is 0 Å². The third kappa shape index (κ3) is 5.01. The molecule has 10 aromatic carbocycles. The second-order valence-electron chi connectivity index (χ2n) is 18.6. The largest absolute Gasteiger partial charge is 0.458 e. The fourth-order valence-corrected chi connectivity index (χ4v) is 12.0. The maximum atomic E-state index is 7.19. The molecule has 0 bridgehead atoms. The Morgan fingerprint density at radius 3 is 1.43 bits per heavy atom. The van der Waals surface area contributed by atoms with Crippen LogP contribution in [0.4, 0.5) is 17.1 Å². The molecule has 0 amide bonds. The standard InChI is InChI=1S/C62H41BN4O/c1-38-28-31-42(32-29-38)64-52-35-30-39(2)36-48(52)63-47-34-33-43(37-55(47)68-54-27-15-26-53(64)59(54)63)67-51-25-14-11-22-46(51)58-61-56(44-20-9-12-23-49(44)65(61)40-16-5-3-6-17-40)60-57(62(58)67)45-21-10-13-24-50(45)66(60)41-18-7-4-8-19-41/h3-37H,1-2H3. The zero-order chi connectivity index (χ0) is 44.8. The van der Waals surface area contributed by atoms with Crippen molar-refractivity contribution in [3.8, 4) is 28.6 Å². The van der Waals surface area contributed by atoms with Crippen LogP contribution in [0.1, 0.15) is 11.1 Å². The van der Waals surface area contributed by atoms with Gasteiger partial charge in [0.25, 0.3) is 6.71 Å². The van der Waals surface area contributed by atoms with Gasteiger partial charge in [0.2, 0.25) is 0 Å². The molecule has 0 atom stereocenters. The van der Waals surface area contributed by atoms with Crippen LogP contribution in [0.5, 0.6) is 11.5 Å². The lowest BCUT2D eigenvalue weighted by atomic mass is 9.34. The fraction of sp³-hybridized carbons (Fsp3) is 0.0323. The Morgan fingerprint density at radius 1 is 0.353 bits per heavy atom. The van der Waals surface area contributed by atoms with E-state index >= 15 is 0 Å². The molecule has 15 rings (SSSR count). The second kappa shape index (κ2) is 13.9. The first-order chi connectivity index (χ1) is 33.6. The predicted molar refractivity (Wildman–Crippen MR) is 285 cm³/mol. The van der Waals surface area contributed by atoms with E-state index in [4.69, 9.17) is 4.74 Å². The van der Waals surface area contributed by atoms with Crippen molar-refractivity contribution in [3.63, 3.8) is 0 Å². The highest BCUT2D eigenvalue weighted by molar-refractivity contribution is 6.99. The summed E-state index contributed by atoms with van der Waals surface area (Å²) < 4.78 is 14.7. The third-order valence-electron chi connectivity index (χ3n) is 14.7. The normalized spacial score (nSPS) is 12.9. The van der Waals surface area contributed by atoms with E-state index in [1.807, 2.05) is 0 Å². The van der Waals surface area contributed by atoms with Gasteiger partial charge in [-0.25, -0.2) is 0 Å². The van der Waals surface area contributed by atoms with E-state index in [9.17, 15) is 0 Å². The minimum atomic E-state index is -0.00879. The molecule has 0 saturated heterocycles. The highest BCUT2D eigenvalue weighted by Gasteiger charge is 2.42. The molecule has 0 spiro atoms. The third-order valence-corrected chi connectivity index (χ3v) is 14.7. The molecule has 318 valence electrons. The van der Waals surface area contributed by atoms with Crippen molar-refractivity contribution in [2.24, 2.45) is 0 Å². The van der Waals surface area contributed by atoms with Gasteiger partial charge in [-0.2, -0.15) is 0 Å². The molecule has 0 radical (unpaired) electrons. The molecule has 0 fully saturated rings. The molecular weight excluding hydrogens is 828 g/mol. The number of aryl methyl sites for hydroxylation is 2. The van der Waals surface area contributed by atoms with Gasteiger partial charge < -0.3 is 23.3 Å². The number of hydrogen-bond donors (Lipinski definition) is 0. The molecule has 5 nitrogen and oxygen atoms in total. The first kappa shape index (κ1) is 37.5. The van der Waals surface area contributed by atoms with E-state index < -0.39 is 0 Å². The van der Waals surface area contributed by atoms with E-state index in [1.54, 1.807) is 0 Å². The number of hydrogen-bond acceptors (Lipinski definition) is 2. The van der Waals surface area contributed by atoms with Crippen LogP contribution in [0.2, 0.25) is 0 Å². The number of fused-ring (bicyclic) bond motifs is 16. The van der Waals surface area contributed by atoms with Gasteiger partial charge in [0, 0.05) is 72.5 Å². The summed E-state index contributed by atoms with van der Waals surface area (Å²) in [5.41, 5.74) is 20.0. The molecule has 0 N–H and O–H groups in total. The van der Waals surface area contributed by atoms with Crippen molar-refractivity contribution in [2.45, 2.75) is 13.8 Å². The van der Waals surface area contributed by atoms with Crippen molar-refractivity contribution in [3.05, 3.63) is 223 Å². The minimum Gasteiger partial charge on any atom is -0.458 e. The van der Waals surface area contributed by atoms with Crippen LogP contribution in [0, 0.1) is 13.8 Å². The molecule has 13 aromatic rings. The summed E-state index contributed by atoms with van der Waals surface area (Å²) in [6.45, 7) is 4.34. The van der Waals surface area contributed by atoms with Crippen LogP contribution >= 0.6 is 0 Å². The maximum Gasteiger partial charge on any atom is 0.256 e. The van der Waals surface area contributed by atoms with Crippen LogP contribution < -0.4 is 26.0 Å². The van der Waals surface area contributed by atoms with Crippen LogP contribution in [-0.2, 0) is 0 Å². The van der Waals surface area contributed by atoms with Gasteiger partial charge in [0.1, 0.15) is 11.5 Å². The minimum absolute atomic E-state index is 0.00879. The van der Waals surface area contributed by atoms with Gasteiger partial charge in [-0.05, 0) is 109 Å². The molecule has 0 saturated carbocycles. The van der Waals surface area contributed by atoms with Crippen LogP contribution in [-0.4, -0.2) is 20.4 Å². The van der Waals surface area contributed by atoms with Gasteiger partial charge in [0.05, 0.1) is 33.1 Å². The topological polar surface area (TPSA) is 27.3 Å². The summed E-state index contributed by atoms with van der Waals surface area (Å²) in [5.74, 6) is 1.77. The number of para-hydroxylation sites is 5. The maximum absolute atomic E-state index is 7.19. The number of aromatic nitrogens is 3. The second-order valence-corrected chi connectivity index (χ2v) is 18.6. The first-order valence-corrected chi connectivity index (χ1v) is 23.6. The Morgan fingerprint density at radius 2 is 0.853 bits per heavy atom. The number of ether oxygens (including phenoxy) is 1. The first-order valence-electron chi connectivity index (χ1n) is 23.6. The van der Waals surface area contributed by atoms with Crippen molar-refractivity contribution in [2.75, 3.05) is 4.90 Å². The van der Waals surface area contributed by atoms with Gasteiger partial charge in [-0.15, -0.1) is 0 Å². The summed E-state index contributed by atoms with van der Waals surface area (Å²) >= 11 is 0. The summed E-state index contributed by atoms with van der Waals surface area (Å²) in [6, 6.07) is 78.0. The SMILES string of the molecule is Cc1ccc(N2c3ccc(C)cc3B3c4ccc(-n5c6ccccc6c6c7c(c8ccccc8n7-c7ccccc7)c7c(c8ccccc8n7-c7ccccc7)c65)cc4Oc4cccc2c43)cc1. The Hall–Kier alpha value is -8.74. The van der Waals surface area contributed by atoms with Gasteiger partial charge in [-0.1, -0.05) is 139 Å². The number of benzene rings is 10. The summed E-state index contributed by atoms with van der Waals surface area (Å²) in [6.07, 6.45) is 0. The zero-order valence-corrected chi connectivity index (χ0v) is 37.5. The van der Waals surface area contributed by atoms with Crippen molar-refractivity contribution >= 4 is 106 Å². The van der Waals surface area contributed by atoms with Gasteiger partial charge in [-0.3, -0.25) is 0 Å². The van der Waals surface area contributed by atoms with Crippen LogP contribution in [0.25, 0.3) is 82.5 Å². The van der Waals surface area contributed by atoms with E-state index in [2.05, 4.69) is 245 Å². The number of anilines is 3. The average molecular weight is 869 g/mol. The summed E-state index contributed by atoms with van der Waals surface area (Å²) in [4.78, 5) is 2.41. The Balaban J connectivity index is 1.07.